The van der Waals surface area contributed by atoms with Crippen molar-refractivity contribution in [1.82, 2.24) is 9.78 Å². The van der Waals surface area contributed by atoms with Crippen LogP contribution in [-0.2, 0) is 11.3 Å². The van der Waals surface area contributed by atoms with E-state index >= 15 is 0 Å². The second-order valence-corrected chi connectivity index (χ2v) is 2.87. The van der Waals surface area contributed by atoms with Gasteiger partial charge in [-0.1, -0.05) is 0 Å². The van der Waals surface area contributed by atoms with E-state index in [4.69, 9.17) is 6.42 Å². The Morgan fingerprint density at radius 2 is 2.46 bits per heavy atom. The summed E-state index contributed by atoms with van der Waals surface area (Å²) in [6.45, 7) is 1.55. The number of anilines is 1. The van der Waals surface area contributed by atoms with E-state index in [2.05, 4.69) is 11.0 Å². The number of aryl methyl sites for hydroxylation is 1. The molecule has 0 unspecified atom stereocenters. The van der Waals surface area contributed by atoms with Crippen molar-refractivity contribution in [3.05, 3.63) is 12.3 Å². The molecule has 1 aromatic rings. The maximum atomic E-state index is 11.3. The minimum atomic E-state index is -0.290. The number of hydrogen-bond donors (Lipinski definition) is 0. The van der Waals surface area contributed by atoms with Gasteiger partial charge in [0.1, 0.15) is 5.82 Å². The fourth-order valence-corrected chi connectivity index (χ4v) is 1.50. The lowest BCUT2D eigenvalue weighted by atomic mass is 10.3. The van der Waals surface area contributed by atoms with Crippen LogP contribution in [0.5, 0.6) is 0 Å². The highest BCUT2D eigenvalue weighted by molar-refractivity contribution is 6.05. The van der Waals surface area contributed by atoms with Crippen molar-refractivity contribution in [2.45, 2.75) is 13.0 Å². The third-order valence-corrected chi connectivity index (χ3v) is 2.09. The standard InChI is InChI=1S/C9H9N3O/c1-2-9(13)11-6-3-7-12-8(11)4-5-10-12/h1,4-5H,3,6-7H2. The van der Waals surface area contributed by atoms with Crippen LogP contribution in [0.3, 0.4) is 0 Å². The number of hydrogen-bond acceptors (Lipinski definition) is 2. The lowest BCUT2D eigenvalue weighted by molar-refractivity contribution is -0.113. The summed E-state index contributed by atoms with van der Waals surface area (Å²) in [6, 6.07) is 1.80. The fourth-order valence-electron chi connectivity index (χ4n) is 1.50. The molecule has 1 aromatic heterocycles. The van der Waals surface area contributed by atoms with Crippen LogP contribution < -0.4 is 4.90 Å². The van der Waals surface area contributed by atoms with E-state index in [9.17, 15) is 4.79 Å². The number of carbonyl (C=O) groups excluding carboxylic acids is 1. The summed E-state index contributed by atoms with van der Waals surface area (Å²) in [5.41, 5.74) is 0. The van der Waals surface area contributed by atoms with Crippen molar-refractivity contribution in [2.24, 2.45) is 0 Å². The van der Waals surface area contributed by atoms with Gasteiger partial charge in [0.05, 0.1) is 6.20 Å². The molecule has 0 spiro atoms. The van der Waals surface area contributed by atoms with Gasteiger partial charge in [-0.15, -0.1) is 6.42 Å². The van der Waals surface area contributed by atoms with Gasteiger partial charge in [-0.25, -0.2) is 4.68 Å². The molecular weight excluding hydrogens is 166 g/mol. The maximum Gasteiger partial charge on any atom is 0.303 e. The number of aromatic nitrogens is 2. The average molecular weight is 175 g/mol. The second-order valence-electron chi connectivity index (χ2n) is 2.87. The number of terminal acetylenes is 1. The van der Waals surface area contributed by atoms with E-state index in [1.165, 1.54) is 0 Å². The molecule has 4 nitrogen and oxygen atoms in total. The first-order chi connectivity index (χ1) is 6.33. The van der Waals surface area contributed by atoms with E-state index in [1.54, 1.807) is 21.8 Å². The van der Waals surface area contributed by atoms with Crippen LogP contribution in [0, 0.1) is 12.3 Å². The molecule has 66 valence electrons. The molecule has 2 heterocycles. The van der Waals surface area contributed by atoms with Gasteiger partial charge in [0, 0.05) is 19.2 Å². The smallest absolute Gasteiger partial charge is 0.286 e. The number of rotatable bonds is 0. The monoisotopic (exact) mass is 175 g/mol. The topological polar surface area (TPSA) is 38.1 Å². The zero-order valence-electron chi connectivity index (χ0n) is 7.10. The Morgan fingerprint density at radius 3 is 3.23 bits per heavy atom. The van der Waals surface area contributed by atoms with Crippen molar-refractivity contribution in [1.29, 1.82) is 0 Å². The summed E-state index contributed by atoms with van der Waals surface area (Å²) >= 11 is 0. The molecule has 4 heteroatoms. The first-order valence-electron chi connectivity index (χ1n) is 4.13. The zero-order valence-corrected chi connectivity index (χ0v) is 7.10. The fraction of sp³-hybridized carbons (Fsp3) is 0.333. The molecule has 0 fully saturated rings. The van der Waals surface area contributed by atoms with Crippen LogP contribution in [-0.4, -0.2) is 22.2 Å². The van der Waals surface area contributed by atoms with Crippen molar-refractivity contribution < 1.29 is 4.79 Å². The average Bonchev–Trinajstić information content (AvgIpc) is 2.63. The van der Waals surface area contributed by atoms with Gasteiger partial charge in [0.15, 0.2) is 0 Å². The quantitative estimate of drug-likeness (QED) is 0.530. The number of nitrogens with zero attached hydrogens (tertiary/aromatic N) is 3. The Balaban J connectivity index is 2.36. The summed E-state index contributed by atoms with van der Waals surface area (Å²) < 4.78 is 1.79. The van der Waals surface area contributed by atoms with E-state index < -0.39 is 0 Å². The van der Waals surface area contributed by atoms with E-state index in [0.717, 1.165) is 18.8 Å². The van der Waals surface area contributed by atoms with Gasteiger partial charge in [0.2, 0.25) is 0 Å². The van der Waals surface area contributed by atoms with Crippen LogP contribution in [0.4, 0.5) is 5.82 Å². The van der Waals surface area contributed by atoms with Crippen LogP contribution in [0.15, 0.2) is 12.3 Å². The SMILES string of the molecule is C#CC(=O)N1CCCn2nccc21. The first kappa shape index (κ1) is 7.87. The third-order valence-electron chi connectivity index (χ3n) is 2.09. The maximum absolute atomic E-state index is 11.3. The van der Waals surface area contributed by atoms with Crippen LogP contribution >= 0.6 is 0 Å². The van der Waals surface area contributed by atoms with Gasteiger partial charge < -0.3 is 0 Å². The third kappa shape index (κ3) is 1.18. The Hall–Kier alpha value is -1.76. The largest absolute Gasteiger partial charge is 0.303 e. The normalized spacial score (nSPS) is 14.8. The Morgan fingerprint density at radius 1 is 1.62 bits per heavy atom. The van der Waals surface area contributed by atoms with E-state index in [0.29, 0.717) is 6.54 Å². The Bertz CT molecular complexity index is 374. The number of amides is 1. The first-order valence-corrected chi connectivity index (χ1v) is 4.13. The summed E-state index contributed by atoms with van der Waals surface area (Å²) in [5.74, 6) is 2.62. The molecular formula is C9H9N3O. The molecule has 0 aromatic carbocycles. The number of carbonyl (C=O) groups is 1. The molecule has 0 radical (unpaired) electrons. The summed E-state index contributed by atoms with van der Waals surface area (Å²) in [6.07, 6.45) is 7.64. The molecule has 1 aliphatic heterocycles. The van der Waals surface area contributed by atoms with Crippen molar-refractivity contribution >= 4 is 11.7 Å². The van der Waals surface area contributed by atoms with Gasteiger partial charge in [-0.3, -0.25) is 9.69 Å². The molecule has 0 N–H and O–H groups in total. The molecule has 0 atom stereocenters. The van der Waals surface area contributed by atoms with Gasteiger partial charge in [-0.2, -0.15) is 5.10 Å². The molecule has 0 bridgehead atoms. The molecule has 13 heavy (non-hydrogen) atoms. The molecule has 2 rings (SSSR count). The van der Waals surface area contributed by atoms with E-state index in [-0.39, 0.29) is 5.91 Å². The summed E-state index contributed by atoms with van der Waals surface area (Å²) in [5, 5.41) is 4.08. The van der Waals surface area contributed by atoms with Crippen LogP contribution in [0.1, 0.15) is 6.42 Å². The number of fused-ring (bicyclic) bond motifs is 1. The van der Waals surface area contributed by atoms with Crippen LogP contribution in [0.25, 0.3) is 0 Å². The zero-order chi connectivity index (χ0) is 9.26. The lowest BCUT2D eigenvalue weighted by Crippen LogP contribution is -2.36. The second kappa shape index (κ2) is 2.94. The van der Waals surface area contributed by atoms with Gasteiger partial charge in [0.25, 0.3) is 0 Å². The minimum Gasteiger partial charge on any atom is -0.286 e. The highest BCUT2D eigenvalue weighted by Gasteiger charge is 2.21. The summed E-state index contributed by atoms with van der Waals surface area (Å²) in [7, 11) is 0. The molecule has 0 saturated heterocycles. The van der Waals surface area contributed by atoms with Gasteiger partial charge >= 0.3 is 5.91 Å². The predicted molar refractivity (Wildman–Crippen MR) is 48.0 cm³/mol. The minimum absolute atomic E-state index is 0.290. The van der Waals surface area contributed by atoms with Gasteiger partial charge in [-0.05, 0) is 12.3 Å². The molecule has 0 aliphatic carbocycles. The Labute approximate surface area is 76.1 Å². The van der Waals surface area contributed by atoms with Crippen molar-refractivity contribution in [2.75, 3.05) is 11.4 Å². The highest BCUT2D eigenvalue weighted by atomic mass is 16.2. The van der Waals surface area contributed by atoms with Crippen molar-refractivity contribution in [3.63, 3.8) is 0 Å². The lowest BCUT2D eigenvalue weighted by Gasteiger charge is -2.25. The molecule has 0 saturated carbocycles. The predicted octanol–water partition coefficient (Wildman–Crippen LogP) is 0.253. The van der Waals surface area contributed by atoms with Crippen molar-refractivity contribution in [3.8, 4) is 12.3 Å². The Kier molecular flexibility index (Phi) is 1.78. The molecule has 1 amide bonds. The van der Waals surface area contributed by atoms with E-state index in [1.807, 2.05) is 0 Å². The van der Waals surface area contributed by atoms with Crippen LogP contribution in [0.2, 0.25) is 0 Å². The molecule has 1 aliphatic rings. The summed E-state index contributed by atoms with van der Waals surface area (Å²) in [4.78, 5) is 12.9. The highest BCUT2D eigenvalue weighted by Crippen LogP contribution is 2.18.